The number of ether oxygens (including phenoxy) is 2. The lowest BCUT2D eigenvalue weighted by molar-refractivity contribution is -0.141. The Balaban J connectivity index is 1.82. The summed E-state index contributed by atoms with van der Waals surface area (Å²) in [5, 5.41) is 2.65. The average molecular weight is 355 g/mol. The molecule has 26 heavy (non-hydrogen) atoms. The van der Waals surface area contributed by atoms with E-state index < -0.39 is 5.97 Å². The van der Waals surface area contributed by atoms with E-state index >= 15 is 0 Å². The number of nitrogens with one attached hydrogen (secondary N) is 1. The third kappa shape index (κ3) is 6.05. The van der Waals surface area contributed by atoms with Crippen molar-refractivity contribution in [2.45, 2.75) is 20.3 Å². The van der Waals surface area contributed by atoms with Gasteiger partial charge >= 0.3 is 5.97 Å². The number of benzene rings is 2. The average Bonchev–Trinajstić information content (AvgIpc) is 2.62. The number of esters is 1. The van der Waals surface area contributed by atoms with E-state index in [0.29, 0.717) is 23.6 Å². The topological polar surface area (TPSA) is 81.7 Å². The molecule has 0 radical (unpaired) electrons. The van der Waals surface area contributed by atoms with E-state index in [-0.39, 0.29) is 24.7 Å². The highest BCUT2D eigenvalue weighted by Gasteiger charge is 2.11. The predicted molar refractivity (Wildman–Crippen MR) is 97.4 cm³/mol. The van der Waals surface area contributed by atoms with Crippen molar-refractivity contribution in [2.75, 3.05) is 18.5 Å². The number of carbonyl (C=O) groups excluding carboxylic acids is 3. The second-order valence-electron chi connectivity index (χ2n) is 5.60. The Morgan fingerprint density at radius 3 is 2.19 bits per heavy atom. The summed E-state index contributed by atoms with van der Waals surface area (Å²) in [6.45, 7) is 3.55. The first-order valence-corrected chi connectivity index (χ1v) is 8.26. The summed E-state index contributed by atoms with van der Waals surface area (Å²) in [6, 6.07) is 13.5. The summed E-state index contributed by atoms with van der Waals surface area (Å²) in [4.78, 5) is 34.9. The molecule has 0 spiro atoms. The summed E-state index contributed by atoms with van der Waals surface area (Å²) in [5.74, 6) is -0.243. The molecule has 6 heteroatoms. The summed E-state index contributed by atoms with van der Waals surface area (Å²) >= 11 is 0. The van der Waals surface area contributed by atoms with Gasteiger partial charge in [-0.2, -0.15) is 0 Å². The zero-order chi connectivity index (χ0) is 18.9. The number of Topliss-reactive ketones (excluding diaryl/α,β-unsaturated/α-hetero) is 1. The molecule has 1 amide bonds. The Bertz CT molecular complexity index is 766. The highest BCUT2D eigenvalue weighted by molar-refractivity contribution is 5.98. The Kier molecular flexibility index (Phi) is 6.91. The molecule has 2 rings (SSSR count). The normalized spacial score (nSPS) is 10.1. The van der Waals surface area contributed by atoms with E-state index in [1.807, 2.05) is 6.92 Å². The van der Waals surface area contributed by atoms with Crippen molar-refractivity contribution in [2.24, 2.45) is 0 Å². The molecule has 1 N–H and O–H groups in total. The maximum atomic E-state index is 12.1. The minimum Gasteiger partial charge on any atom is -0.494 e. The molecule has 0 bridgehead atoms. The minimum atomic E-state index is -0.489. The van der Waals surface area contributed by atoms with Crippen LogP contribution in [0.5, 0.6) is 5.75 Å². The van der Waals surface area contributed by atoms with Crippen molar-refractivity contribution in [3.05, 3.63) is 59.7 Å². The first-order chi connectivity index (χ1) is 12.5. The van der Waals surface area contributed by atoms with Crippen LogP contribution in [0.3, 0.4) is 0 Å². The Hall–Kier alpha value is -3.15. The fraction of sp³-hybridized carbons (Fsp3) is 0.250. The molecule has 0 aromatic heterocycles. The van der Waals surface area contributed by atoms with Crippen LogP contribution in [0.1, 0.15) is 29.8 Å². The van der Waals surface area contributed by atoms with Gasteiger partial charge in [0.2, 0.25) is 5.91 Å². The lowest BCUT2D eigenvalue weighted by atomic mass is 10.1. The Morgan fingerprint density at radius 1 is 0.962 bits per heavy atom. The number of amides is 1. The van der Waals surface area contributed by atoms with Crippen molar-refractivity contribution >= 4 is 23.3 Å². The fourth-order valence-electron chi connectivity index (χ4n) is 2.26. The maximum absolute atomic E-state index is 12.1. The van der Waals surface area contributed by atoms with E-state index in [0.717, 1.165) is 5.56 Å². The molecule has 0 fully saturated rings. The molecule has 0 unspecified atom stereocenters. The van der Waals surface area contributed by atoms with Gasteiger partial charge in [0, 0.05) is 18.2 Å². The monoisotopic (exact) mass is 355 g/mol. The number of carbonyl (C=O) groups is 3. The van der Waals surface area contributed by atoms with Crippen molar-refractivity contribution in [3.63, 3.8) is 0 Å². The summed E-state index contributed by atoms with van der Waals surface area (Å²) < 4.78 is 10.4. The first kappa shape index (κ1) is 19.2. The lowest BCUT2D eigenvalue weighted by Gasteiger charge is -2.07. The molecule has 0 aliphatic heterocycles. The van der Waals surface area contributed by atoms with Crippen LogP contribution in [-0.2, 0) is 20.7 Å². The molecule has 2 aromatic carbocycles. The molecule has 2 aromatic rings. The second kappa shape index (κ2) is 9.36. The van der Waals surface area contributed by atoms with Gasteiger partial charge in [0.1, 0.15) is 5.75 Å². The lowest BCUT2D eigenvalue weighted by Crippen LogP contribution is -2.15. The minimum absolute atomic E-state index is 0.0525. The van der Waals surface area contributed by atoms with E-state index in [1.165, 1.54) is 6.92 Å². The molecule has 6 nitrogen and oxygen atoms in total. The van der Waals surface area contributed by atoms with Crippen LogP contribution in [0, 0.1) is 0 Å². The van der Waals surface area contributed by atoms with Crippen LogP contribution in [0.2, 0.25) is 0 Å². The van der Waals surface area contributed by atoms with Crippen molar-refractivity contribution in [3.8, 4) is 5.75 Å². The van der Waals surface area contributed by atoms with Gasteiger partial charge in [0.05, 0.1) is 13.0 Å². The molecule has 0 saturated heterocycles. The molecule has 0 heterocycles. The zero-order valence-corrected chi connectivity index (χ0v) is 14.8. The zero-order valence-electron chi connectivity index (χ0n) is 14.8. The molecular formula is C20H21NO5. The van der Waals surface area contributed by atoms with Crippen LogP contribution < -0.4 is 10.1 Å². The van der Waals surface area contributed by atoms with Gasteiger partial charge < -0.3 is 14.8 Å². The first-order valence-electron chi connectivity index (χ1n) is 8.26. The van der Waals surface area contributed by atoms with Crippen LogP contribution in [0.25, 0.3) is 0 Å². The maximum Gasteiger partial charge on any atom is 0.310 e. The SMILES string of the molecule is CCOc1ccc(C(=O)COC(=O)Cc2ccc(NC(C)=O)cc2)cc1. The van der Waals surface area contributed by atoms with E-state index in [2.05, 4.69) is 5.32 Å². The van der Waals surface area contributed by atoms with Gasteiger partial charge in [-0.1, -0.05) is 12.1 Å². The highest BCUT2D eigenvalue weighted by atomic mass is 16.5. The van der Waals surface area contributed by atoms with Crippen molar-refractivity contribution < 1.29 is 23.9 Å². The molecule has 136 valence electrons. The number of rotatable bonds is 8. The molecule has 0 aliphatic carbocycles. The molecular weight excluding hydrogens is 334 g/mol. The smallest absolute Gasteiger partial charge is 0.310 e. The standard InChI is InChI=1S/C20H21NO5/c1-3-25-18-10-6-16(7-11-18)19(23)13-26-20(24)12-15-4-8-17(9-5-15)21-14(2)22/h4-11H,3,12-13H2,1-2H3,(H,21,22). The third-order valence-electron chi connectivity index (χ3n) is 3.47. The molecule has 0 atom stereocenters. The van der Waals surface area contributed by atoms with Crippen LogP contribution >= 0.6 is 0 Å². The van der Waals surface area contributed by atoms with E-state index in [9.17, 15) is 14.4 Å². The van der Waals surface area contributed by atoms with Gasteiger partial charge in [-0.05, 0) is 48.9 Å². The van der Waals surface area contributed by atoms with Gasteiger partial charge in [-0.15, -0.1) is 0 Å². The highest BCUT2D eigenvalue weighted by Crippen LogP contribution is 2.13. The van der Waals surface area contributed by atoms with Gasteiger partial charge in [-0.3, -0.25) is 14.4 Å². The number of hydrogen-bond donors (Lipinski definition) is 1. The third-order valence-corrected chi connectivity index (χ3v) is 3.47. The summed E-state index contributed by atoms with van der Waals surface area (Å²) in [7, 11) is 0. The number of anilines is 1. The van der Waals surface area contributed by atoms with Crippen molar-refractivity contribution in [1.29, 1.82) is 0 Å². The summed E-state index contributed by atoms with van der Waals surface area (Å²) in [6.07, 6.45) is 0.0525. The van der Waals surface area contributed by atoms with E-state index in [1.54, 1.807) is 48.5 Å². The Morgan fingerprint density at radius 2 is 1.62 bits per heavy atom. The van der Waals surface area contributed by atoms with E-state index in [4.69, 9.17) is 9.47 Å². The molecule has 0 saturated carbocycles. The fourth-order valence-corrected chi connectivity index (χ4v) is 2.26. The van der Waals surface area contributed by atoms with Crippen LogP contribution in [-0.4, -0.2) is 30.9 Å². The largest absolute Gasteiger partial charge is 0.494 e. The van der Waals surface area contributed by atoms with Gasteiger partial charge in [0.25, 0.3) is 0 Å². The van der Waals surface area contributed by atoms with Gasteiger partial charge in [0.15, 0.2) is 12.4 Å². The quantitative estimate of drug-likeness (QED) is 0.581. The second-order valence-corrected chi connectivity index (χ2v) is 5.60. The number of ketones is 1. The predicted octanol–water partition coefficient (Wildman–Crippen LogP) is 3.01. The number of hydrogen-bond acceptors (Lipinski definition) is 5. The van der Waals surface area contributed by atoms with Crippen LogP contribution in [0.15, 0.2) is 48.5 Å². The van der Waals surface area contributed by atoms with Crippen LogP contribution in [0.4, 0.5) is 5.69 Å². The van der Waals surface area contributed by atoms with Gasteiger partial charge in [-0.25, -0.2) is 0 Å². The summed E-state index contributed by atoms with van der Waals surface area (Å²) in [5.41, 5.74) is 1.85. The molecule has 0 aliphatic rings. The Labute approximate surface area is 152 Å². The van der Waals surface area contributed by atoms with Crippen molar-refractivity contribution in [1.82, 2.24) is 0 Å².